The van der Waals surface area contributed by atoms with Gasteiger partial charge in [-0.25, -0.2) is 0 Å². The van der Waals surface area contributed by atoms with Crippen molar-refractivity contribution in [1.82, 2.24) is 15.6 Å². The predicted molar refractivity (Wildman–Crippen MR) is 124 cm³/mol. The molecule has 1 atom stereocenters. The minimum absolute atomic E-state index is 0.172. The maximum atomic E-state index is 9.87. The molecule has 2 aliphatic rings. The van der Waals surface area contributed by atoms with Crippen LogP contribution in [0.25, 0.3) is 10.9 Å². The van der Waals surface area contributed by atoms with Crippen LogP contribution in [0.4, 0.5) is 0 Å². The molecule has 6 rings (SSSR count). The van der Waals surface area contributed by atoms with Gasteiger partial charge in [-0.1, -0.05) is 54.6 Å². The Morgan fingerprint density at radius 2 is 1.78 bits per heavy atom. The van der Waals surface area contributed by atoms with Crippen LogP contribution >= 0.6 is 0 Å². The molecule has 0 bridgehead atoms. The van der Waals surface area contributed by atoms with E-state index in [4.69, 9.17) is 9.47 Å². The van der Waals surface area contributed by atoms with Crippen molar-refractivity contribution in [3.05, 3.63) is 95.2 Å². The highest BCUT2D eigenvalue weighted by atomic mass is 16.7. The summed E-state index contributed by atoms with van der Waals surface area (Å²) in [5, 5.41) is 7.54. The highest BCUT2D eigenvalue weighted by molar-refractivity contribution is 5.85. The molecule has 4 aromatic rings. The van der Waals surface area contributed by atoms with Gasteiger partial charge in [-0.3, -0.25) is 4.79 Å². The summed E-state index contributed by atoms with van der Waals surface area (Å²) in [5.41, 5.74) is 6.23. The number of carbonyl (C=O) groups is 1. The first-order valence-electron chi connectivity index (χ1n) is 10.8. The number of H-pyrrole nitrogens is 1. The highest BCUT2D eigenvalue weighted by Crippen LogP contribution is 2.38. The third-order valence-electron chi connectivity index (χ3n) is 5.82. The summed E-state index contributed by atoms with van der Waals surface area (Å²) in [5.74, 6) is 1.67. The van der Waals surface area contributed by atoms with Crippen LogP contribution in [-0.2, 0) is 17.8 Å². The lowest BCUT2D eigenvalue weighted by Gasteiger charge is -2.25. The van der Waals surface area contributed by atoms with Crippen molar-refractivity contribution in [3.8, 4) is 11.5 Å². The van der Waals surface area contributed by atoms with Gasteiger partial charge in [0.05, 0.1) is 6.04 Å². The Bertz CT molecular complexity index is 1220. The van der Waals surface area contributed by atoms with Gasteiger partial charge in [-0.2, -0.15) is 0 Å². The molecule has 2 aliphatic heterocycles. The molecule has 0 unspecified atom stereocenters. The Morgan fingerprint density at radius 1 is 0.969 bits per heavy atom. The number of hydrogen-bond donors (Lipinski definition) is 3. The van der Waals surface area contributed by atoms with E-state index in [2.05, 4.69) is 52.0 Å². The molecule has 162 valence electrons. The van der Waals surface area contributed by atoms with Crippen LogP contribution in [0.5, 0.6) is 11.5 Å². The molecule has 3 N–H and O–H groups in total. The molecule has 32 heavy (non-hydrogen) atoms. The zero-order valence-corrected chi connectivity index (χ0v) is 17.6. The van der Waals surface area contributed by atoms with Crippen molar-refractivity contribution in [3.63, 3.8) is 0 Å². The molecule has 0 aliphatic carbocycles. The molecule has 6 nitrogen and oxygen atoms in total. The second kappa shape index (κ2) is 9.16. The monoisotopic (exact) mass is 427 g/mol. The molecule has 0 saturated carbocycles. The van der Waals surface area contributed by atoms with E-state index in [-0.39, 0.29) is 6.04 Å². The van der Waals surface area contributed by atoms with Crippen molar-refractivity contribution in [1.29, 1.82) is 0 Å². The first-order chi connectivity index (χ1) is 15.8. The lowest BCUT2D eigenvalue weighted by molar-refractivity contribution is -0.109. The number of aromatic amines is 1. The molecule has 3 heterocycles. The van der Waals surface area contributed by atoms with Crippen molar-refractivity contribution in [2.24, 2.45) is 0 Å². The van der Waals surface area contributed by atoms with Gasteiger partial charge >= 0.3 is 0 Å². The fourth-order valence-electron chi connectivity index (χ4n) is 4.31. The minimum atomic E-state index is 0.172. The molecule has 0 saturated heterocycles. The van der Waals surface area contributed by atoms with Gasteiger partial charge < -0.3 is 25.1 Å². The average Bonchev–Trinajstić information content (AvgIpc) is 3.47. The van der Waals surface area contributed by atoms with E-state index in [9.17, 15) is 4.79 Å². The van der Waals surface area contributed by atoms with Crippen molar-refractivity contribution in [2.75, 3.05) is 13.3 Å². The number of benzene rings is 3. The van der Waals surface area contributed by atoms with Crippen LogP contribution in [-0.4, -0.2) is 24.7 Å². The van der Waals surface area contributed by atoms with Gasteiger partial charge in [-0.15, -0.1) is 0 Å². The van der Waals surface area contributed by atoms with E-state index in [0.29, 0.717) is 19.7 Å². The van der Waals surface area contributed by atoms with Crippen LogP contribution in [0.1, 0.15) is 28.4 Å². The van der Waals surface area contributed by atoms with Gasteiger partial charge in [0.25, 0.3) is 0 Å². The fourth-order valence-corrected chi connectivity index (χ4v) is 4.31. The molecule has 0 radical (unpaired) electrons. The summed E-state index contributed by atoms with van der Waals surface area (Å²) in [7, 11) is 0. The van der Waals surface area contributed by atoms with Crippen LogP contribution < -0.4 is 20.1 Å². The third kappa shape index (κ3) is 4.05. The van der Waals surface area contributed by atoms with Crippen molar-refractivity contribution in [2.45, 2.75) is 19.0 Å². The van der Waals surface area contributed by atoms with Gasteiger partial charge in [0, 0.05) is 29.7 Å². The maximum Gasteiger partial charge on any atom is 0.231 e. The second-order valence-electron chi connectivity index (χ2n) is 7.80. The van der Waals surface area contributed by atoms with Gasteiger partial charge in [-0.05, 0) is 41.3 Å². The number of rotatable bonds is 4. The average molecular weight is 428 g/mol. The lowest BCUT2D eigenvalue weighted by atomic mass is 9.94. The van der Waals surface area contributed by atoms with Crippen LogP contribution in [0.2, 0.25) is 0 Å². The fraction of sp³-hybridized carbons (Fsp3) is 0.192. The van der Waals surface area contributed by atoms with Crippen LogP contribution in [0.15, 0.2) is 72.8 Å². The number of aromatic nitrogens is 1. The predicted octanol–water partition coefficient (Wildman–Crippen LogP) is 4.06. The maximum absolute atomic E-state index is 9.87. The normalized spacial score (nSPS) is 16.1. The first-order valence-corrected chi connectivity index (χ1v) is 10.8. The summed E-state index contributed by atoms with van der Waals surface area (Å²) in [6.07, 6.45) is 1.76. The Labute approximate surface area is 186 Å². The largest absolute Gasteiger partial charge is 0.454 e. The Hall–Kier alpha value is -3.77. The molecular weight excluding hydrogens is 402 g/mol. The molecule has 1 amide bonds. The Morgan fingerprint density at radius 3 is 2.66 bits per heavy atom. The zero-order chi connectivity index (χ0) is 21.8. The third-order valence-corrected chi connectivity index (χ3v) is 5.82. The topological polar surface area (TPSA) is 75.4 Å². The first kappa shape index (κ1) is 20.2. The molecule has 3 aromatic carbocycles. The SMILES string of the molecule is O=CNCc1ccccc1.c1ccc2c3c([nH]c2c1)[C@H](c1ccc2c(c1)OCO2)NCC3. The minimum Gasteiger partial charge on any atom is -0.454 e. The van der Waals surface area contributed by atoms with Crippen LogP contribution in [0.3, 0.4) is 0 Å². The van der Waals surface area contributed by atoms with Gasteiger partial charge in [0.15, 0.2) is 11.5 Å². The van der Waals surface area contributed by atoms with E-state index in [1.165, 1.54) is 27.7 Å². The van der Waals surface area contributed by atoms with Gasteiger partial charge in [0.2, 0.25) is 13.2 Å². The Kier molecular flexibility index (Phi) is 5.77. The van der Waals surface area contributed by atoms with Crippen LogP contribution in [0, 0.1) is 0 Å². The highest BCUT2D eigenvalue weighted by Gasteiger charge is 2.26. The molecule has 6 heteroatoms. The van der Waals surface area contributed by atoms with E-state index in [1.807, 2.05) is 36.4 Å². The Balaban J connectivity index is 0.000000183. The molecule has 0 fully saturated rings. The van der Waals surface area contributed by atoms with E-state index in [0.717, 1.165) is 30.0 Å². The summed E-state index contributed by atoms with van der Waals surface area (Å²) >= 11 is 0. The summed E-state index contributed by atoms with van der Waals surface area (Å²) in [6, 6.07) is 24.7. The van der Waals surface area contributed by atoms with Gasteiger partial charge in [0.1, 0.15) is 0 Å². The number of hydrogen-bond acceptors (Lipinski definition) is 4. The van der Waals surface area contributed by atoms with Crippen molar-refractivity contribution >= 4 is 17.3 Å². The van der Waals surface area contributed by atoms with Crippen molar-refractivity contribution < 1.29 is 14.3 Å². The quantitative estimate of drug-likeness (QED) is 0.429. The summed E-state index contributed by atoms with van der Waals surface area (Å²) in [6.45, 7) is 1.91. The molecular formula is C26H25N3O3. The van der Waals surface area contributed by atoms with E-state index < -0.39 is 0 Å². The number of amides is 1. The smallest absolute Gasteiger partial charge is 0.231 e. The number of ether oxygens (including phenoxy) is 2. The molecule has 0 spiro atoms. The number of para-hydroxylation sites is 1. The zero-order valence-electron chi connectivity index (χ0n) is 17.6. The number of nitrogens with one attached hydrogen (secondary N) is 3. The summed E-state index contributed by atoms with van der Waals surface area (Å²) < 4.78 is 10.9. The number of fused-ring (bicyclic) bond motifs is 4. The lowest BCUT2D eigenvalue weighted by Crippen LogP contribution is -2.30. The van der Waals surface area contributed by atoms with E-state index in [1.54, 1.807) is 0 Å². The number of carbonyl (C=O) groups excluding carboxylic acids is 1. The summed E-state index contributed by atoms with van der Waals surface area (Å²) in [4.78, 5) is 13.5. The second-order valence-corrected chi connectivity index (χ2v) is 7.80. The molecule has 1 aromatic heterocycles. The standard InChI is InChI=1S/C18H16N2O2.C8H9NO/c1-2-4-14-12(3-1)13-7-8-19-17(18(13)20-14)11-5-6-15-16(9-11)22-10-21-15;10-7-9-6-8-4-2-1-3-5-8/h1-6,9,17,19-20H,7-8,10H2;1-5,7H,6H2,(H,9,10)/t17-;/m0./s1. The van der Waals surface area contributed by atoms with E-state index >= 15 is 0 Å².